The van der Waals surface area contributed by atoms with E-state index in [0.717, 1.165) is 5.56 Å². The van der Waals surface area contributed by atoms with E-state index < -0.39 is 28.3 Å². The summed E-state index contributed by atoms with van der Waals surface area (Å²) in [6.07, 6.45) is 0. The maximum Gasteiger partial charge on any atom is 0.339 e. The van der Waals surface area contributed by atoms with E-state index in [4.69, 9.17) is 16.3 Å². The highest BCUT2D eigenvalue weighted by Crippen LogP contribution is 2.22. The summed E-state index contributed by atoms with van der Waals surface area (Å²) in [7, 11) is -3.59. The molecule has 0 saturated heterocycles. The maximum absolute atomic E-state index is 12.2. The molecule has 1 amide bonds. The minimum atomic E-state index is -3.59. The molecule has 138 valence electrons. The van der Waals surface area contributed by atoms with Gasteiger partial charge in [-0.15, -0.1) is 0 Å². The zero-order valence-corrected chi connectivity index (χ0v) is 15.9. The molecular formula is C18H18ClNO5S. The van der Waals surface area contributed by atoms with Crippen LogP contribution in [0.15, 0.2) is 47.4 Å². The Morgan fingerprint density at radius 2 is 1.85 bits per heavy atom. The number of amides is 1. The number of aryl methyl sites for hydroxylation is 1. The predicted molar refractivity (Wildman–Crippen MR) is 99.3 cm³/mol. The molecular weight excluding hydrogens is 378 g/mol. The van der Waals surface area contributed by atoms with Gasteiger partial charge in [-0.1, -0.05) is 36.7 Å². The summed E-state index contributed by atoms with van der Waals surface area (Å²) in [6, 6.07) is 10.8. The van der Waals surface area contributed by atoms with Crippen molar-refractivity contribution in [2.24, 2.45) is 0 Å². The molecule has 0 heterocycles. The van der Waals surface area contributed by atoms with Gasteiger partial charge in [-0.05, 0) is 36.8 Å². The van der Waals surface area contributed by atoms with Gasteiger partial charge in [0.05, 0.1) is 26.9 Å². The lowest BCUT2D eigenvalue weighted by molar-refractivity contribution is -0.119. The molecule has 0 atom stereocenters. The highest BCUT2D eigenvalue weighted by Gasteiger charge is 2.22. The maximum atomic E-state index is 12.2. The van der Waals surface area contributed by atoms with Gasteiger partial charge in [0.25, 0.3) is 5.91 Å². The summed E-state index contributed by atoms with van der Waals surface area (Å²) < 4.78 is 29.1. The van der Waals surface area contributed by atoms with E-state index in [1.165, 1.54) is 31.2 Å². The van der Waals surface area contributed by atoms with Gasteiger partial charge in [-0.25, -0.2) is 13.2 Å². The van der Waals surface area contributed by atoms with E-state index in [-0.39, 0.29) is 16.2 Å². The molecule has 0 aliphatic rings. The van der Waals surface area contributed by atoms with Gasteiger partial charge in [0, 0.05) is 0 Å². The highest BCUT2D eigenvalue weighted by atomic mass is 35.5. The number of carbonyl (C=O) groups excluding carboxylic acids is 2. The Morgan fingerprint density at radius 1 is 1.15 bits per heavy atom. The zero-order chi connectivity index (χ0) is 19.3. The summed E-state index contributed by atoms with van der Waals surface area (Å²) in [5.74, 6) is -1.62. The number of halogens is 1. The molecule has 6 nitrogen and oxygen atoms in total. The lowest BCUT2D eigenvalue weighted by Crippen LogP contribution is -2.22. The summed E-state index contributed by atoms with van der Waals surface area (Å²) in [5.41, 5.74) is 1.23. The molecule has 0 bridgehead atoms. The first-order valence-electron chi connectivity index (χ1n) is 7.79. The third-order valence-corrected chi connectivity index (χ3v) is 5.65. The number of hydrogen-bond acceptors (Lipinski definition) is 5. The van der Waals surface area contributed by atoms with Crippen LogP contribution in [0.1, 0.15) is 22.8 Å². The van der Waals surface area contributed by atoms with Crippen molar-refractivity contribution in [3.8, 4) is 0 Å². The lowest BCUT2D eigenvalue weighted by Gasteiger charge is -2.10. The van der Waals surface area contributed by atoms with Crippen LogP contribution in [-0.2, 0) is 19.4 Å². The van der Waals surface area contributed by atoms with E-state index in [2.05, 4.69) is 5.32 Å². The van der Waals surface area contributed by atoms with E-state index in [1.54, 1.807) is 18.2 Å². The summed E-state index contributed by atoms with van der Waals surface area (Å²) in [5, 5.41) is 2.90. The molecule has 26 heavy (non-hydrogen) atoms. The Labute approximate surface area is 157 Å². The van der Waals surface area contributed by atoms with Crippen molar-refractivity contribution in [3.63, 3.8) is 0 Å². The first-order chi connectivity index (χ1) is 12.2. The number of rotatable bonds is 6. The Bertz CT molecular complexity index is 940. The second-order valence-corrected chi connectivity index (χ2v) is 8.16. The fourth-order valence-electron chi connectivity index (χ4n) is 2.18. The molecule has 2 rings (SSSR count). The van der Waals surface area contributed by atoms with Crippen molar-refractivity contribution in [2.75, 3.05) is 17.7 Å². The van der Waals surface area contributed by atoms with Gasteiger partial charge in [-0.3, -0.25) is 4.79 Å². The fourth-order valence-corrected chi connectivity index (χ4v) is 3.54. The van der Waals surface area contributed by atoms with Crippen LogP contribution in [0.5, 0.6) is 0 Å². The van der Waals surface area contributed by atoms with Crippen molar-refractivity contribution in [2.45, 2.75) is 18.7 Å². The van der Waals surface area contributed by atoms with E-state index >= 15 is 0 Å². The van der Waals surface area contributed by atoms with E-state index in [9.17, 15) is 18.0 Å². The average Bonchev–Trinajstić information content (AvgIpc) is 2.62. The SMILES string of the molecule is CCS(=O)(=O)c1ccccc1C(=O)OCC(=O)Nc1ccc(C)cc1Cl. The molecule has 0 unspecified atom stereocenters. The minimum Gasteiger partial charge on any atom is -0.452 e. The second kappa shape index (κ2) is 8.33. The molecule has 0 aliphatic heterocycles. The standard InChI is InChI=1S/C18H18ClNO5S/c1-3-26(23,24)16-7-5-4-6-13(16)18(22)25-11-17(21)20-15-9-8-12(2)10-14(15)19/h4-10H,3,11H2,1-2H3,(H,20,21). The van der Waals surface area contributed by atoms with Gasteiger partial charge < -0.3 is 10.1 Å². The molecule has 2 aromatic rings. The third-order valence-electron chi connectivity index (χ3n) is 3.56. The number of ether oxygens (including phenoxy) is 1. The smallest absolute Gasteiger partial charge is 0.339 e. The van der Waals surface area contributed by atoms with Crippen LogP contribution in [0.2, 0.25) is 5.02 Å². The van der Waals surface area contributed by atoms with Gasteiger partial charge in [0.2, 0.25) is 0 Å². The van der Waals surface area contributed by atoms with Crippen molar-refractivity contribution in [1.29, 1.82) is 0 Å². The van der Waals surface area contributed by atoms with Crippen molar-refractivity contribution in [3.05, 3.63) is 58.6 Å². The van der Waals surface area contributed by atoms with Crippen LogP contribution < -0.4 is 5.32 Å². The van der Waals surface area contributed by atoms with Gasteiger partial charge >= 0.3 is 5.97 Å². The highest BCUT2D eigenvalue weighted by molar-refractivity contribution is 7.91. The van der Waals surface area contributed by atoms with Crippen LogP contribution >= 0.6 is 11.6 Å². The first kappa shape index (κ1) is 19.9. The molecule has 0 aliphatic carbocycles. The van der Waals surface area contributed by atoms with Crippen LogP contribution in [0, 0.1) is 6.92 Å². The largest absolute Gasteiger partial charge is 0.452 e. The molecule has 0 fully saturated rings. The van der Waals surface area contributed by atoms with E-state index in [1.807, 2.05) is 6.92 Å². The molecule has 8 heteroatoms. The Hall–Kier alpha value is -2.38. The average molecular weight is 396 g/mol. The monoisotopic (exact) mass is 395 g/mol. The Kier molecular flexibility index (Phi) is 6.39. The number of esters is 1. The summed E-state index contributed by atoms with van der Waals surface area (Å²) in [6.45, 7) is 2.78. The summed E-state index contributed by atoms with van der Waals surface area (Å²) >= 11 is 6.03. The van der Waals surface area contributed by atoms with Crippen LogP contribution in [-0.4, -0.2) is 32.7 Å². The van der Waals surface area contributed by atoms with Gasteiger partial charge in [0.1, 0.15) is 0 Å². The zero-order valence-electron chi connectivity index (χ0n) is 14.3. The predicted octanol–water partition coefficient (Wildman–Crippen LogP) is 3.24. The quantitative estimate of drug-likeness (QED) is 0.758. The number of anilines is 1. The van der Waals surface area contributed by atoms with Crippen LogP contribution in [0.4, 0.5) is 5.69 Å². The second-order valence-electron chi connectivity index (χ2n) is 5.51. The number of sulfone groups is 1. The first-order valence-corrected chi connectivity index (χ1v) is 9.82. The molecule has 0 saturated carbocycles. The van der Waals surface area contributed by atoms with Crippen molar-refractivity contribution < 1.29 is 22.7 Å². The summed E-state index contributed by atoms with van der Waals surface area (Å²) in [4.78, 5) is 24.0. The number of benzene rings is 2. The molecule has 0 aromatic heterocycles. The fraction of sp³-hybridized carbons (Fsp3) is 0.222. The number of hydrogen-bond donors (Lipinski definition) is 1. The van der Waals surface area contributed by atoms with Crippen LogP contribution in [0.3, 0.4) is 0 Å². The topological polar surface area (TPSA) is 89.5 Å². The van der Waals surface area contributed by atoms with Gasteiger partial charge in [-0.2, -0.15) is 0 Å². The third kappa shape index (κ3) is 4.83. The molecule has 2 aromatic carbocycles. The molecule has 1 N–H and O–H groups in total. The van der Waals surface area contributed by atoms with E-state index in [0.29, 0.717) is 10.7 Å². The Morgan fingerprint density at radius 3 is 2.50 bits per heavy atom. The number of nitrogens with one attached hydrogen (secondary N) is 1. The minimum absolute atomic E-state index is 0.101. The van der Waals surface area contributed by atoms with Crippen LogP contribution in [0.25, 0.3) is 0 Å². The lowest BCUT2D eigenvalue weighted by atomic mass is 10.2. The molecule has 0 radical (unpaired) electrons. The molecule has 0 spiro atoms. The van der Waals surface area contributed by atoms with Gasteiger partial charge in [0.15, 0.2) is 16.4 Å². The van der Waals surface area contributed by atoms with Crippen molar-refractivity contribution >= 4 is 39.0 Å². The normalized spacial score (nSPS) is 11.0. The van der Waals surface area contributed by atoms with Crippen molar-refractivity contribution in [1.82, 2.24) is 0 Å². The Balaban J connectivity index is 2.06. The number of carbonyl (C=O) groups is 2.